The standard InChI is InChI=1S/C13H24N2O5/c1-13(2,3)20-12(18)15-7-9(8-16)14-6-10(15)5-11(17)19-4/h9-10,14,16H,5-8H2,1-4H3. The van der Waals surface area contributed by atoms with Crippen LogP contribution in [0, 0.1) is 0 Å². The lowest BCUT2D eigenvalue weighted by atomic mass is 10.1. The molecule has 2 atom stereocenters. The molecule has 0 radical (unpaired) electrons. The van der Waals surface area contributed by atoms with Crippen molar-refractivity contribution in [3.63, 3.8) is 0 Å². The second kappa shape index (κ2) is 6.90. The summed E-state index contributed by atoms with van der Waals surface area (Å²) >= 11 is 0. The summed E-state index contributed by atoms with van der Waals surface area (Å²) in [4.78, 5) is 25.1. The minimum atomic E-state index is -0.605. The molecule has 2 unspecified atom stereocenters. The molecular weight excluding hydrogens is 264 g/mol. The molecule has 0 spiro atoms. The number of carbonyl (C=O) groups excluding carboxylic acids is 2. The van der Waals surface area contributed by atoms with Crippen LogP contribution in [0.25, 0.3) is 0 Å². The number of hydrogen-bond acceptors (Lipinski definition) is 6. The predicted octanol–water partition coefficient (Wildman–Crippen LogP) is 0.119. The van der Waals surface area contributed by atoms with Crippen LogP contribution >= 0.6 is 0 Å². The zero-order valence-electron chi connectivity index (χ0n) is 12.5. The van der Waals surface area contributed by atoms with Gasteiger partial charge in [0.1, 0.15) is 5.60 Å². The summed E-state index contributed by atoms with van der Waals surface area (Å²) in [7, 11) is 1.31. The zero-order valence-corrected chi connectivity index (χ0v) is 12.5. The highest BCUT2D eigenvalue weighted by Gasteiger charge is 2.35. The molecule has 0 aromatic rings. The second-order valence-corrected chi connectivity index (χ2v) is 5.85. The number of carbonyl (C=O) groups is 2. The third kappa shape index (κ3) is 4.97. The lowest BCUT2D eigenvalue weighted by molar-refractivity contribution is -0.142. The Morgan fingerprint density at radius 2 is 2.05 bits per heavy atom. The molecule has 0 saturated carbocycles. The van der Waals surface area contributed by atoms with Crippen LogP contribution in [0.2, 0.25) is 0 Å². The van der Waals surface area contributed by atoms with E-state index in [-0.39, 0.29) is 31.1 Å². The zero-order chi connectivity index (χ0) is 15.3. The van der Waals surface area contributed by atoms with Crippen molar-refractivity contribution in [1.82, 2.24) is 10.2 Å². The van der Waals surface area contributed by atoms with Crippen molar-refractivity contribution in [3.05, 3.63) is 0 Å². The first-order chi connectivity index (χ1) is 9.26. The molecule has 0 bridgehead atoms. The minimum Gasteiger partial charge on any atom is -0.469 e. The fourth-order valence-electron chi connectivity index (χ4n) is 1.99. The Kier molecular flexibility index (Phi) is 5.76. The smallest absolute Gasteiger partial charge is 0.410 e. The quantitative estimate of drug-likeness (QED) is 0.717. The van der Waals surface area contributed by atoms with Crippen LogP contribution in [-0.2, 0) is 14.3 Å². The van der Waals surface area contributed by atoms with Crippen LogP contribution in [0.1, 0.15) is 27.2 Å². The first kappa shape index (κ1) is 16.7. The van der Waals surface area contributed by atoms with E-state index in [2.05, 4.69) is 10.1 Å². The topological polar surface area (TPSA) is 88.1 Å². The fraction of sp³-hybridized carbons (Fsp3) is 0.846. The molecule has 2 N–H and O–H groups in total. The van der Waals surface area contributed by atoms with Gasteiger partial charge in [0.2, 0.25) is 0 Å². The highest BCUT2D eigenvalue weighted by molar-refractivity contribution is 5.73. The van der Waals surface area contributed by atoms with Gasteiger partial charge in [-0.05, 0) is 20.8 Å². The summed E-state index contributed by atoms with van der Waals surface area (Å²) in [6.45, 7) is 5.99. The highest BCUT2D eigenvalue weighted by atomic mass is 16.6. The van der Waals surface area contributed by atoms with E-state index in [4.69, 9.17) is 4.74 Å². The van der Waals surface area contributed by atoms with Crippen molar-refractivity contribution in [2.45, 2.75) is 44.9 Å². The van der Waals surface area contributed by atoms with E-state index in [1.807, 2.05) is 0 Å². The number of nitrogens with one attached hydrogen (secondary N) is 1. The van der Waals surface area contributed by atoms with Crippen molar-refractivity contribution >= 4 is 12.1 Å². The van der Waals surface area contributed by atoms with Gasteiger partial charge in [-0.3, -0.25) is 4.79 Å². The maximum atomic E-state index is 12.2. The van der Waals surface area contributed by atoms with Crippen molar-refractivity contribution in [1.29, 1.82) is 0 Å². The first-order valence-corrected chi connectivity index (χ1v) is 6.67. The maximum absolute atomic E-state index is 12.2. The van der Waals surface area contributed by atoms with Crippen molar-refractivity contribution in [2.75, 3.05) is 26.8 Å². The minimum absolute atomic E-state index is 0.0791. The number of amides is 1. The summed E-state index contributed by atoms with van der Waals surface area (Å²) in [6.07, 6.45) is -0.382. The van der Waals surface area contributed by atoms with Gasteiger partial charge in [-0.1, -0.05) is 0 Å². The number of aliphatic hydroxyl groups is 1. The molecular formula is C13H24N2O5. The average Bonchev–Trinajstić information content (AvgIpc) is 2.36. The van der Waals surface area contributed by atoms with E-state index < -0.39 is 11.7 Å². The Hall–Kier alpha value is -1.34. The first-order valence-electron chi connectivity index (χ1n) is 6.67. The molecule has 116 valence electrons. The summed E-state index contributed by atoms with van der Waals surface area (Å²) in [5, 5.41) is 12.3. The molecule has 1 saturated heterocycles. The van der Waals surface area contributed by atoms with Gasteiger partial charge >= 0.3 is 12.1 Å². The number of nitrogens with zero attached hydrogens (tertiary/aromatic N) is 1. The number of ether oxygens (including phenoxy) is 2. The molecule has 1 heterocycles. The number of rotatable bonds is 3. The van der Waals surface area contributed by atoms with Crippen LogP contribution in [0.4, 0.5) is 4.79 Å². The van der Waals surface area contributed by atoms with Gasteiger partial charge in [-0.15, -0.1) is 0 Å². The van der Waals surface area contributed by atoms with Gasteiger partial charge in [0.25, 0.3) is 0 Å². The predicted molar refractivity (Wildman–Crippen MR) is 72.2 cm³/mol. The Morgan fingerprint density at radius 3 is 2.55 bits per heavy atom. The van der Waals surface area contributed by atoms with Crippen molar-refractivity contribution in [3.8, 4) is 0 Å². The molecule has 0 aromatic heterocycles. The van der Waals surface area contributed by atoms with E-state index >= 15 is 0 Å². The van der Waals surface area contributed by atoms with Crippen molar-refractivity contribution in [2.24, 2.45) is 0 Å². The monoisotopic (exact) mass is 288 g/mol. The number of esters is 1. The summed E-state index contributed by atoms with van der Waals surface area (Å²) in [5.74, 6) is -0.382. The third-order valence-corrected chi connectivity index (χ3v) is 2.98. The Balaban J connectivity index is 2.76. The van der Waals surface area contributed by atoms with Crippen LogP contribution in [-0.4, -0.2) is 66.6 Å². The van der Waals surface area contributed by atoms with Gasteiger partial charge in [0, 0.05) is 19.1 Å². The summed E-state index contributed by atoms with van der Waals surface area (Å²) in [6, 6.07) is -0.545. The number of piperazine rings is 1. The second-order valence-electron chi connectivity index (χ2n) is 5.85. The van der Waals surface area contributed by atoms with Gasteiger partial charge in [-0.25, -0.2) is 4.79 Å². The Morgan fingerprint density at radius 1 is 1.40 bits per heavy atom. The molecule has 1 amide bonds. The average molecular weight is 288 g/mol. The van der Waals surface area contributed by atoms with Gasteiger partial charge in [0.05, 0.1) is 26.2 Å². The molecule has 7 nitrogen and oxygen atoms in total. The SMILES string of the molecule is COC(=O)CC1CNC(CO)CN1C(=O)OC(C)(C)C. The van der Waals surface area contributed by atoms with E-state index in [1.54, 1.807) is 20.8 Å². The van der Waals surface area contributed by atoms with Gasteiger partial charge in [0.15, 0.2) is 0 Å². The summed E-state index contributed by atoms with van der Waals surface area (Å²) < 4.78 is 9.98. The molecule has 1 aliphatic heterocycles. The lowest BCUT2D eigenvalue weighted by Gasteiger charge is -2.39. The lowest BCUT2D eigenvalue weighted by Crippen LogP contribution is -2.60. The molecule has 1 fully saturated rings. The molecule has 0 aliphatic carbocycles. The fourth-order valence-corrected chi connectivity index (χ4v) is 1.99. The summed E-state index contributed by atoms with van der Waals surface area (Å²) in [5.41, 5.74) is -0.605. The normalized spacial score (nSPS) is 23.4. The Labute approximate surface area is 119 Å². The van der Waals surface area contributed by atoms with Gasteiger partial charge in [-0.2, -0.15) is 0 Å². The van der Waals surface area contributed by atoms with Crippen LogP contribution in [0.5, 0.6) is 0 Å². The third-order valence-electron chi connectivity index (χ3n) is 2.98. The molecule has 1 rings (SSSR count). The molecule has 7 heteroatoms. The van der Waals surface area contributed by atoms with E-state index in [0.29, 0.717) is 13.1 Å². The van der Waals surface area contributed by atoms with E-state index in [0.717, 1.165) is 0 Å². The van der Waals surface area contributed by atoms with Gasteiger partial charge < -0.3 is 24.8 Å². The molecule has 1 aliphatic rings. The maximum Gasteiger partial charge on any atom is 0.410 e. The van der Waals surface area contributed by atoms with Crippen LogP contribution in [0.3, 0.4) is 0 Å². The van der Waals surface area contributed by atoms with Crippen molar-refractivity contribution < 1.29 is 24.2 Å². The van der Waals surface area contributed by atoms with Crippen LogP contribution in [0.15, 0.2) is 0 Å². The number of methoxy groups -OCH3 is 1. The molecule has 20 heavy (non-hydrogen) atoms. The number of hydrogen-bond donors (Lipinski definition) is 2. The highest BCUT2D eigenvalue weighted by Crippen LogP contribution is 2.17. The van der Waals surface area contributed by atoms with Crippen LogP contribution < -0.4 is 5.32 Å². The Bertz CT molecular complexity index is 353. The molecule has 0 aromatic carbocycles. The van der Waals surface area contributed by atoms with E-state index in [1.165, 1.54) is 12.0 Å². The largest absolute Gasteiger partial charge is 0.469 e. The van der Waals surface area contributed by atoms with E-state index in [9.17, 15) is 14.7 Å². The number of aliphatic hydroxyl groups excluding tert-OH is 1.